The van der Waals surface area contributed by atoms with Gasteiger partial charge in [-0.25, -0.2) is 0 Å². The van der Waals surface area contributed by atoms with Crippen molar-refractivity contribution >= 4 is 5.97 Å². The van der Waals surface area contributed by atoms with Crippen molar-refractivity contribution in [3.05, 3.63) is 0 Å². The third kappa shape index (κ3) is 5.24. The first-order valence-corrected chi connectivity index (χ1v) is 9.05. The number of hydrogen-bond acceptors (Lipinski definition) is 4. The molecule has 0 aromatic heterocycles. The van der Waals surface area contributed by atoms with Crippen molar-refractivity contribution in [1.29, 1.82) is 0 Å². The Labute approximate surface area is 135 Å². The molecule has 0 aromatic rings. The van der Waals surface area contributed by atoms with E-state index in [1.54, 1.807) is 0 Å². The normalized spacial score (nSPS) is 27.5. The summed E-state index contributed by atoms with van der Waals surface area (Å²) in [5, 5.41) is 7.26. The Morgan fingerprint density at radius 2 is 1.64 bits per heavy atom. The van der Waals surface area contributed by atoms with Crippen molar-refractivity contribution < 1.29 is 9.53 Å². The van der Waals surface area contributed by atoms with Gasteiger partial charge in [0.25, 0.3) is 0 Å². The quantitative estimate of drug-likeness (QED) is 0.710. The van der Waals surface area contributed by atoms with E-state index in [4.69, 9.17) is 4.74 Å². The van der Waals surface area contributed by atoms with Gasteiger partial charge in [0.15, 0.2) is 0 Å². The molecule has 2 saturated carbocycles. The molecule has 0 bridgehead atoms. The van der Waals surface area contributed by atoms with E-state index in [-0.39, 0.29) is 17.0 Å². The van der Waals surface area contributed by atoms with Crippen LogP contribution < -0.4 is 10.6 Å². The molecule has 0 radical (unpaired) electrons. The highest BCUT2D eigenvalue weighted by atomic mass is 16.6. The maximum atomic E-state index is 12.3. The molecule has 0 aliphatic heterocycles. The van der Waals surface area contributed by atoms with E-state index in [0.29, 0.717) is 12.1 Å². The summed E-state index contributed by atoms with van der Waals surface area (Å²) in [5.41, 5.74) is -0.611. The summed E-state index contributed by atoms with van der Waals surface area (Å²) >= 11 is 0. The lowest BCUT2D eigenvalue weighted by atomic mass is 9.90. The van der Waals surface area contributed by atoms with Crippen LogP contribution in [-0.2, 0) is 9.53 Å². The zero-order chi connectivity index (χ0) is 16.2. The van der Waals surface area contributed by atoms with Crippen LogP contribution in [-0.4, -0.2) is 36.7 Å². The number of carbonyl (C=O) groups excluding carboxylic acids is 1. The van der Waals surface area contributed by atoms with Crippen LogP contribution in [0.2, 0.25) is 0 Å². The fourth-order valence-corrected chi connectivity index (χ4v) is 3.18. The number of nitrogens with one attached hydrogen (secondary N) is 2. The third-order valence-corrected chi connectivity index (χ3v) is 4.82. The van der Waals surface area contributed by atoms with Gasteiger partial charge in [0.2, 0.25) is 0 Å². The van der Waals surface area contributed by atoms with Crippen LogP contribution in [0.1, 0.15) is 72.6 Å². The molecule has 0 saturated heterocycles. The van der Waals surface area contributed by atoms with Gasteiger partial charge in [-0.15, -0.1) is 0 Å². The van der Waals surface area contributed by atoms with E-state index in [1.165, 1.54) is 32.1 Å². The number of ether oxygens (including phenoxy) is 1. The molecule has 4 heteroatoms. The zero-order valence-corrected chi connectivity index (χ0v) is 14.8. The maximum absolute atomic E-state index is 12.3. The average molecular weight is 310 g/mol. The number of hydrogen-bond donors (Lipinski definition) is 2. The molecular formula is C18H34N2O2. The maximum Gasteiger partial charge on any atom is 0.313 e. The van der Waals surface area contributed by atoms with E-state index < -0.39 is 0 Å². The molecule has 0 spiro atoms. The smallest absolute Gasteiger partial charge is 0.313 e. The molecule has 2 aliphatic rings. The molecule has 128 valence electrons. The Kier molecular flexibility index (Phi) is 5.89. The molecule has 2 rings (SSSR count). The highest BCUT2D eigenvalue weighted by Crippen LogP contribution is 2.47. The van der Waals surface area contributed by atoms with E-state index in [1.807, 2.05) is 20.8 Å². The predicted molar refractivity (Wildman–Crippen MR) is 89.9 cm³/mol. The first-order chi connectivity index (χ1) is 10.3. The minimum atomic E-state index is -0.379. The Hall–Kier alpha value is -0.610. The van der Waals surface area contributed by atoms with Gasteiger partial charge in [0, 0.05) is 18.6 Å². The lowest BCUT2D eigenvalue weighted by molar-refractivity contribution is -0.161. The van der Waals surface area contributed by atoms with Gasteiger partial charge >= 0.3 is 5.97 Å². The summed E-state index contributed by atoms with van der Waals surface area (Å²) in [5.74, 6) is -0.00852. The molecule has 2 N–H and O–H groups in total. The fourth-order valence-electron chi connectivity index (χ4n) is 3.18. The SMILES string of the molecule is CCCNC1CCC(NCC2(C(=O)OC(C)(C)C)CC2)CC1. The molecule has 0 amide bonds. The first-order valence-electron chi connectivity index (χ1n) is 9.05. The van der Waals surface area contributed by atoms with Crippen LogP contribution in [0, 0.1) is 5.41 Å². The van der Waals surface area contributed by atoms with Gasteiger partial charge < -0.3 is 15.4 Å². The van der Waals surface area contributed by atoms with E-state index in [0.717, 1.165) is 25.9 Å². The number of rotatable bonds is 7. The number of carbonyl (C=O) groups is 1. The van der Waals surface area contributed by atoms with Crippen molar-refractivity contribution in [2.75, 3.05) is 13.1 Å². The van der Waals surface area contributed by atoms with Crippen LogP contribution in [0.4, 0.5) is 0 Å². The Balaban J connectivity index is 1.69. The fraction of sp³-hybridized carbons (Fsp3) is 0.944. The first kappa shape index (κ1) is 17.7. The zero-order valence-electron chi connectivity index (χ0n) is 14.8. The lowest BCUT2D eigenvalue weighted by Crippen LogP contribution is -2.43. The molecule has 4 nitrogen and oxygen atoms in total. The van der Waals surface area contributed by atoms with Gasteiger partial charge in [-0.1, -0.05) is 6.92 Å². The molecule has 2 fully saturated rings. The highest BCUT2D eigenvalue weighted by Gasteiger charge is 2.52. The molecule has 0 unspecified atom stereocenters. The minimum absolute atomic E-state index is 0.00852. The molecule has 0 aromatic carbocycles. The van der Waals surface area contributed by atoms with Gasteiger partial charge in [-0.2, -0.15) is 0 Å². The van der Waals surface area contributed by atoms with Crippen LogP contribution >= 0.6 is 0 Å². The van der Waals surface area contributed by atoms with Crippen molar-refractivity contribution in [3.63, 3.8) is 0 Å². The van der Waals surface area contributed by atoms with Gasteiger partial charge in [-0.05, 0) is 72.3 Å². The van der Waals surface area contributed by atoms with Crippen LogP contribution in [0.5, 0.6) is 0 Å². The second-order valence-electron chi connectivity index (χ2n) is 8.17. The van der Waals surface area contributed by atoms with Crippen LogP contribution in [0.25, 0.3) is 0 Å². The second-order valence-corrected chi connectivity index (χ2v) is 8.17. The molecule has 2 aliphatic carbocycles. The van der Waals surface area contributed by atoms with E-state index in [2.05, 4.69) is 17.6 Å². The lowest BCUT2D eigenvalue weighted by Gasteiger charge is -2.31. The Morgan fingerprint density at radius 1 is 1.09 bits per heavy atom. The van der Waals surface area contributed by atoms with Crippen molar-refractivity contribution in [2.45, 2.75) is 90.3 Å². The minimum Gasteiger partial charge on any atom is -0.460 e. The summed E-state index contributed by atoms with van der Waals surface area (Å²) in [4.78, 5) is 12.3. The van der Waals surface area contributed by atoms with Gasteiger partial charge in [-0.3, -0.25) is 4.79 Å². The summed E-state index contributed by atoms with van der Waals surface area (Å²) in [6.07, 6.45) is 8.08. The van der Waals surface area contributed by atoms with Crippen molar-refractivity contribution in [1.82, 2.24) is 10.6 Å². The summed E-state index contributed by atoms with van der Waals surface area (Å²) in [7, 11) is 0. The molecule has 0 heterocycles. The monoisotopic (exact) mass is 310 g/mol. The summed E-state index contributed by atoms with van der Waals surface area (Å²) < 4.78 is 5.58. The molecule has 22 heavy (non-hydrogen) atoms. The van der Waals surface area contributed by atoms with Crippen LogP contribution in [0.3, 0.4) is 0 Å². The predicted octanol–water partition coefficient (Wildman–Crippen LogP) is 3.01. The molecular weight excluding hydrogens is 276 g/mol. The summed E-state index contributed by atoms with van der Waals surface area (Å²) in [6, 6.07) is 1.26. The Morgan fingerprint density at radius 3 is 2.09 bits per heavy atom. The highest BCUT2D eigenvalue weighted by molar-refractivity contribution is 5.80. The van der Waals surface area contributed by atoms with Crippen LogP contribution in [0.15, 0.2) is 0 Å². The van der Waals surface area contributed by atoms with E-state index in [9.17, 15) is 4.79 Å². The molecule has 0 atom stereocenters. The number of esters is 1. The van der Waals surface area contributed by atoms with Crippen molar-refractivity contribution in [3.8, 4) is 0 Å². The van der Waals surface area contributed by atoms with Crippen molar-refractivity contribution in [2.24, 2.45) is 5.41 Å². The van der Waals surface area contributed by atoms with E-state index >= 15 is 0 Å². The second kappa shape index (κ2) is 7.31. The van der Waals surface area contributed by atoms with Gasteiger partial charge in [0.05, 0.1) is 5.41 Å². The summed E-state index contributed by atoms with van der Waals surface area (Å²) in [6.45, 7) is 9.97. The average Bonchev–Trinajstić information content (AvgIpc) is 3.23. The third-order valence-electron chi connectivity index (χ3n) is 4.82. The standard InChI is InChI=1S/C18H34N2O2/c1-5-12-19-14-6-8-15(9-7-14)20-13-18(10-11-18)16(21)22-17(2,3)4/h14-15,19-20H,5-13H2,1-4H3. The van der Waals surface area contributed by atoms with Gasteiger partial charge in [0.1, 0.15) is 5.60 Å². The topological polar surface area (TPSA) is 50.4 Å². The Bertz CT molecular complexity index is 364. The largest absolute Gasteiger partial charge is 0.460 e.